The Morgan fingerprint density at radius 3 is 2.70 bits per heavy atom. The SMILES string of the molecule is C/C=C(\CCO)C(=O)O[C@]1(C)[C@@H](CO)C=C2CSS[C@@H]3C[C@H](C=O)[C@H](NC)[C@H]4CN(C(=O)Cc5cnc(N)cc5[C@H]2[C@]12Cc1cc5cc(CCCO)c(=O)oc5cc1O2)[C@H]43. The number of nitrogens with two attached hydrogens (primary N) is 1. The number of hydrogen-bond donors (Lipinski definition) is 5. The van der Waals surface area contributed by atoms with Gasteiger partial charge < -0.3 is 50.0 Å². The molecule has 1 saturated heterocycles. The smallest absolute Gasteiger partial charge is 0.339 e. The van der Waals surface area contributed by atoms with Crippen LogP contribution in [0.1, 0.15) is 61.3 Å². The molecule has 3 aliphatic heterocycles. The number of aryl methyl sites for hydroxylation is 1. The fourth-order valence-electron chi connectivity index (χ4n) is 10.5. The number of amides is 1. The van der Waals surface area contributed by atoms with Crippen LogP contribution < -0.4 is 21.4 Å². The number of aliphatic hydroxyl groups excluding tert-OH is 3. The van der Waals surface area contributed by atoms with Crippen LogP contribution in [-0.2, 0) is 38.4 Å². The van der Waals surface area contributed by atoms with Crippen LogP contribution in [0.4, 0.5) is 5.82 Å². The van der Waals surface area contributed by atoms with Crippen molar-refractivity contribution in [3.63, 3.8) is 0 Å². The molecule has 1 amide bonds. The summed E-state index contributed by atoms with van der Waals surface area (Å²) in [5.74, 6) is -1.24. The maximum Gasteiger partial charge on any atom is 0.339 e. The van der Waals surface area contributed by atoms with Gasteiger partial charge in [-0.25, -0.2) is 14.6 Å². The lowest BCUT2D eigenvalue weighted by atomic mass is 9.58. The Hall–Kier alpha value is -4.19. The van der Waals surface area contributed by atoms with Crippen molar-refractivity contribution in [1.29, 1.82) is 0 Å². The molecule has 16 heteroatoms. The van der Waals surface area contributed by atoms with Gasteiger partial charge in [-0.15, -0.1) is 0 Å². The number of nitrogens with zero attached hydrogens (tertiary/aromatic N) is 2. The minimum Gasteiger partial charge on any atom is -0.481 e. The van der Waals surface area contributed by atoms with Crippen LogP contribution in [0.25, 0.3) is 11.0 Å². The molecule has 6 N–H and O–H groups in total. The normalized spacial score (nSPS) is 31.1. The molecule has 9 atom stereocenters. The monoisotopic (exact) mass is 860 g/mol. The number of nitrogens with one attached hydrogen (secondary N) is 1. The van der Waals surface area contributed by atoms with Gasteiger partial charge in [0.15, 0.2) is 11.2 Å². The van der Waals surface area contributed by atoms with E-state index in [0.29, 0.717) is 65.0 Å². The second-order valence-electron chi connectivity index (χ2n) is 16.7. The number of aldehydes is 1. The fraction of sp³-hybridized carbons (Fsp3) is 0.523. The van der Waals surface area contributed by atoms with Crippen molar-refractivity contribution in [3.05, 3.63) is 86.4 Å². The lowest BCUT2D eigenvalue weighted by molar-refractivity contribution is -0.199. The molecular weight excluding hydrogens is 809 g/mol. The van der Waals surface area contributed by atoms with Gasteiger partial charge in [0.25, 0.3) is 0 Å². The first kappa shape index (κ1) is 42.5. The van der Waals surface area contributed by atoms with Gasteiger partial charge in [0, 0.05) is 96.2 Å². The van der Waals surface area contributed by atoms with E-state index in [2.05, 4.69) is 10.3 Å². The molecule has 320 valence electrons. The molecule has 14 nitrogen and oxygen atoms in total. The molecule has 0 unspecified atom stereocenters. The van der Waals surface area contributed by atoms with Crippen LogP contribution in [0.15, 0.2) is 63.0 Å². The Morgan fingerprint density at radius 1 is 1.17 bits per heavy atom. The number of esters is 1. The van der Waals surface area contributed by atoms with Crippen molar-refractivity contribution in [1.82, 2.24) is 15.2 Å². The van der Waals surface area contributed by atoms with Crippen LogP contribution in [0, 0.1) is 17.8 Å². The first-order chi connectivity index (χ1) is 28.9. The van der Waals surface area contributed by atoms with Crippen molar-refractivity contribution < 1.29 is 43.6 Å². The van der Waals surface area contributed by atoms with Crippen LogP contribution >= 0.6 is 21.6 Å². The zero-order valence-electron chi connectivity index (χ0n) is 33.9. The predicted octanol–water partition coefficient (Wildman–Crippen LogP) is 3.27. The summed E-state index contributed by atoms with van der Waals surface area (Å²) in [5, 5.41) is 34.6. The molecule has 60 heavy (non-hydrogen) atoms. The van der Waals surface area contributed by atoms with Gasteiger partial charge in [0.1, 0.15) is 23.4 Å². The highest BCUT2D eigenvalue weighted by atomic mass is 33.1. The van der Waals surface area contributed by atoms with Gasteiger partial charge in [0.05, 0.1) is 25.0 Å². The third kappa shape index (κ3) is 7.06. The van der Waals surface area contributed by atoms with Crippen LogP contribution in [0.2, 0.25) is 0 Å². The van der Waals surface area contributed by atoms with E-state index in [1.807, 2.05) is 24.1 Å². The summed E-state index contributed by atoms with van der Waals surface area (Å²) in [6, 6.07) is 7.01. The molecule has 5 aliphatic rings. The maximum atomic E-state index is 14.5. The molecule has 5 heterocycles. The largest absolute Gasteiger partial charge is 0.481 e. The van der Waals surface area contributed by atoms with Crippen LogP contribution in [0.5, 0.6) is 5.75 Å². The van der Waals surface area contributed by atoms with Crippen LogP contribution in [-0.4, -0.2) is 111 Å². The zero-order valence-corrected chi connectivity index (χ0v) is 35.6. The highest BCUT2D eigenvalue weighted by Crippen LogP contribution is 2.60. The van der Waals surface area contributed by atoms with Gasteiger partial charge in [-0.1, -0.05) is 39.3 Å². The number of anilines is 1. The van der Waals surface area contributed by atoms with E-state index in [9.17, 15) is 34.5 Å². The van der Waals surface area contributed by atoms with Crippen LogP contribution in [0.3, 0.4) is 0 Å². The number of aromatic nitrogens is 1. The van der Waals surface area contributed by atoms with Crippen molar-refractivity contribution in [3.8, 4) is 5.75 Å². The van der Waals surface area contributed by atoms with Crippen molar-refractivity contribution in [2.75, 3.05) is 44.9 Å². The summed E-state index contributed by atoms with van der Waals surface area (Å²) < 4.78 is 19.7. The molecule has 1 aromatic carbocycles. The lowest BCUT2D eigenvalue weighted by Gasteiger charge is -2.58. The summed E-state index contributed by atoms with van der Waals surface area (Å²) in [6.07, 6.45) is 7.81. The quantitative estimate of drug-likeness (QED) is 0.0494. The van der Waals surface area contributed by atoms with Gasteiger partial charge in [0.2, 0.25) is 5.91 Å². The van der Waals surface area contributed by atoms with E-state index in [0.717, 1.165) is 17.4 Å². The number of carbonyl (C=O) groups is 3. The molecule has 0 radical (unpaired) electrons. The number of allylic oxidation sites excluding steroid dienone is 1. The zero-order chi connectivity index (χ0) is 42.5. The molecule has 3 aromatic rings. The predicted molar refractivity (Wildman–Crippen MR) is 229 cm³/mol. The van der Waals surface area contributed by atoms with Crippen molar-refractivity contribution in [2.24, 2.45) is 17.8 Å². The second-order valence-corrected chi connectivity index (χ2v) is 19.3. The lowest BCUT2D eigenvalue weighted by Crippen LogP contribution is -2.72. The number of benzene rings is 1. The van der Waals surface area contributed by atoms with Crippen molar-refractivity contribution in [2.45, 2.75) is 86.8 Å². The number of carbonyl (C=O) groups excluding carboxylic acids is 3. The molecule has 1 spiro atoms. The molecule has 1 saturated carbocycles. The summed E-state index contributed by atoms with van der Waals surface area (Å²) in [5.41, 5.74) is 6.83. The number of hydrogen-bond acceptors (Lipinski definition) is 15. The van der Waals surface area contributed by atoms with E-state index < -0.39 is 41.2 Å². The Morgan fingerprint density at radius 2 is 1.98 bits per heavy atom. The average molecular weight is 861 g/mol. The Balaban J connectivity index is 1.31. The van der Waals surface area contributed by atoms with Gasteiger partial charge >= 0.3 is 11.6 Å². The van der Waals surface area contributed by atoms with E-state index >= 15 is 0 Å². The fourth-order valence-corrected chi connectivity index (χ4v) is 13.7. The van der Waals surface area contributed by atoms with E-state index in [1.165, 1.54) is 0 Å². The summed E-state index contributed by atoms with van der Waals surface area (Å²) in [6.45, 7) is 3.22. The molecule has 2 aromatic heterocycles. The van der Waals surface area contributed by atoms with Crippen molar-refractivity contribution >= 4 is 56.5 Å². The molecule has 2 aliphatic carbocycles. The number of nitrogen functional groups attached to an aromatic ring is 1. The highest BCUT2D eigenvalue weighted by molar-refractivity contribution is 8.77. The van der Waals surface area contributed by atoms with Gasteiger partial charge in [-0.3, -0.25) is 4.79 Å². The summed E-state index contributed by atoms with van der Waals surface area (Å²) in [4.78, 5) is 60.5. The number of ether oxygens (including phenoxy) is 2. The number of rotatable bonds is 10. The molecule has 8 rings (SSSR count). The maximum absolute atomic E-state index is 14.5. The Bertz CT molecular complexity index is 2320. The third-order valence-electron chi connectivity index (χ3n) is 13.6. The third-order valence-corrected chi connectivity index (χ3v) is 16.4. The first-order valence-electron chi connectivity index (χ1n) is 20.6. The van der Waals surface area contributed by atoms with E-state index in [1.54, 1.807) is 65.9 Å². The summed E-state index contributed by atoms with van der Waals surface area (Å²) in [7, 11) is 5.16. The standard InChI is InChI=1S/C44H52N4O10S2/c1-4-23(7-9-50)42(55)58-43(2)30(21-52)12-29-22-59-60-35-13-28(20-51)39(46-3)32-19-48(40(32)35)37(53)14-27-18-47-36(45)15-31(27)38(29)44(43)17-26-11-25-10-24(6-5-8-49)41(54)56-33(25)16-34(26)57-44/h4,10-12,15-16,18,20,28,30,32,35,38-40,46,49-50,52H,5-9,13-14,17,19,21-22H2,1-3H3,(H2,45,47)/b23-4+/t28-,30-,32-,35-,38+,39+,40-,43-,44-/m1/s1. The Labute approximate surface area is 355 Å². The Kier molecular flexibility index (Phi) is 12.0. The minimum absolute atomic E-state index is 0.00924. The number of fused-ring (bicyclic) bond motifs is 6. The van der Waals surface area contributed by atoms with Gasteiger partial charge in [-0.2, -0.15) is 0 Å². The number of aliphatic hydroxyl groups is 3. The topological polar surface area (TPSA) is 215 Å². The minimum atomic E-state index is -1.58. The average Bonchev–Trinajstić information content (AvgIpc) is 3.59. The highest BCUT2D eigenvalue weighted by Gasteiger charge is 2.67. The summed E-state index contributed by atoms with van der Waals surface area (Å²) >= 11 is 0. The number of pyridine rings is 1. The van der Waals surface area contributed by atoms with E-state index in [4.69, 9.17) is 19.6 Å². The molecular formula is C44H52N4O10S2. The molecule has 0 bridgehead atoms. The van der Waals surface area contributed by atoms with Gasteiger partial charge in [-0.05, 0) is 75.0 Å². The van der Waals surface area contributed by atoms with E-state index in [-0.39, 0.29) is 78.9 Å². The second kappa shape index (κ2) is 16.9. The molecule has 2 fully saturated rings. The first-order valence-corrected chi connectivity index (χ1v) is 23.0.